The lowest BCUT2D eigenvalue weighted by Crippen LogP contribution is -2.03. The highest BCUT2D eigenvalue weighted by Crippen LogP contribution is 2.23. The van der Waals surface area contributed by atoms with Crippen molar-refractivity contribution >= 4 is 33.8 Å². The van der Waals surface area contributed by atoms with Gasteiger partial charge < -0.3 is 0 Å². The van der Waals surface area contributed by atoms with Crippen molar-refractivity contribution in [1.29, 1.82) is 0 Å². The Kier molecular flexibility index (Phi) is 3.84. The summed E-state index contributed by atoms with van der Waals surface area (Å²) in [5.74, 6) is 0.909. The Labute approximate surface area is 161 Å². The van der Waals surface area contributed by atoms with Crippen LogP contribution in [0.2, 0.25) is 0 Å². The predicted octanol–water partition coefficient (Wildman–Crippen LogP) is 5.83. The van der Waals surface area contributed by atoms with Gasteiger partial charge in [-0.1, -0.05) is 72.8 Å². The summed E-state index contributed by atoms with van der Waals surface area (Å²) in [5.41, 5.74) is 2.27. The van der Waals surface area contributed by atoms with E-state index in [1.165, 1.54) is 27.1 Å². The Bertz CT molecular complexity index is 1330. The van der Waals surface area contributed by atoms with Gasteiger partial charge >= 0.3 is 0 Å². The van der Waals surface area contributed by atoms with Gasteiger partial charge in [-0.2, -0.15) is 5.10 Å². The first-order valence-corrected chi connectivity index (χ1v) is 9.32. The summed E-state index contributed by atoms with van der Waals surface area (Å²) in [6.07, 6.45) is 0.710. The van der Waals surface area contributed by atoms with E-state index in [4.69, 9.17) is 12.2 Å². The van der Waals surface area contributed by atoms with E-state index < -0.39 is 0 Å². The molecular weight excluding hydrogens is 350 g/mol. The Balaban J connectivity index is 1.63. The number of hydrogen-bond donors (Lipinski definition) is 1. The summed E-state index contributed by atoms with van der Waals surface area (Å²) in [5, 5.41) is 12.4. The number of hydrogen-bond acceptors (Lipinski definition) is 2. The van der Waals surface area contributed by atoms with Crippen LogP contribution in [0.25, 0.3) is 27.2 Å². The molecule has 3 nitrogen and oxygen atoms in total. The lowest BCUT2D eigenvalue weighted by Gasteiger charge is -2.10. The van der Waals surface area contributed by atoms with Crippen molar-refractivity contribution in [3.63, 3.8) is 0 Å². The Morgan fingerprint density at radius 3 is 2.41 bits per heavy atom. The van der Waals surface area contributed by atoms with Crippen molar-refractivity contribution in [2.45, 2.75) is 6.42 Å². The van der Waals surface area contributed by atoms with Crippen LogP contribution in [0, 0.1) is 4.77 Å². The van der Waals surface area contributed by atoms with Crippen molar-refractivity contribution in [3.8, 4) is 5.69 Å². The molecule has 0 amide bonds. The zero-order valence-electron chi connectivity index (χ0n) is 14.6. The Hall–Kier alpha value is -3.24. The summed E-state index contributed by atoms with van der Waals surface area (Å²) in [6, 6.07) is 29.6. The molecule has 0 aliphatic carbocycles. The van der Waals surface area contributed by atoms with Gasteiger partial charge in [0.1, 0.15) is 5.82 Å². The molecule has 0 spiro atoms. The van der Waals surface area contributed by atoms with Gasteiger partial charge in [-0.3, -0.25) is 9.67 Å². The first kappa shape index (κ1) is 16.0. The highest BCUT2D eigenvalue weighted by Gasteiger charge is 2.11. The van der Waals surface area contributed by atoms with E-state index in [9.17, 15) is 0 Å². The molecule has 4 aromatic carbocycles. The van der Waals surface area contributed by atoms with Crippen LogP contribution in [0.15, 0.2) is 84.9 Å². The molecule has 0 atom stereocenters. The van der Waals surface area contributed by atoms with E-state index in [1.807, 2.05) is 4.57 Å². The van der Waals surface area contributed by atoms with E-state index >= 15 is 0 Å². The molecule has 1 aromatic heterocycles. The van der Waals surface area contributed by atoms with Crippen LogP contribution in [0.4, 0.5) is 0 Å². The van der Waals surface area contributed by atoms with Crippen molar-refractivity contribution in [2.75, 3.05) is 0 Å². The fourth-order valence-electron chi connectivity index (χ4n) is 3.65. The van der Waals surface area contributed by atoms with Gasteiger partial charge in [0.05, 0.1) is 5.69 Å². The van der Waals surface area contributed by atoms with Gasteiger partial charge in [0.25, 0.3) is 0 Å². The fourth-order valence-corrected chi connectivity index (χ4v) is 3.90. The molecule has 0 aliphatic heterocycles. The fraction of sp³-hybridized carbons (Fsp3) is 0.0435. The minimum absolute atomic E-state index is 0.612. The second-order valence-corrected chi connectivity index (χ2v) is 7.01. The molecule has 5 aromatic rings. The van der Waals surface area contributed by atoms with Gasteiger partial charge in [0, 0.05) is 6.42 Å². The number of aromatic nitrogens is 3. The molecule has 0 saturated carbocycles. The van der Waals surface area contributed by atoms with Crippen LogP contribution >= 0.6 is 12.2 Å². The molecule has 1 N–H and O–H groups in total. The number of aromatic amines is 1. The SMILES string of the molecule is S=c1[nH]nc(Cc2cccc3ccccc23)n1-c1ccc2ccccc2c1. The normalized spacial score (nSPS) is 11.3. The van der Waals surface area contributed by atoms with E-state index in [0.29, 0.717) is 11.2 Å². The monoisotopic (exact) mass is 367 g/mol. The topological polar surface area (TPSA) is 33.6 Å². The van der Waals surface area contributed by atoms with Crippen LogP contribution in [0.3, 0.4) is 0 Å². The number of nitrogens with zero attached hydrogens (tertiary/aromatic N) is 2. The number of fused-ring (bicyclic) bond motifs is 2. The highest BCUT2D eigenvalue weighted by molar-refractivity contribution is 7.71. The third-order valence-electron chi connectivity index (χ3n) is 4.96. The molecule has 0 radical (unpaired) electrons. The average molecular weight is 367 g/mol. The van der Waals surface area contributed by atoms with Crippen molar-refractivity contribution in [2.24, 2.45) is 0 Å². The summed E-state index contributed by atoms with van der Waals surface area (Å²) < 4.78 is 2.64. The third kappa shape index (κ3) is 2.84. The molecule has 0 fully saturated rings. The quantitative estimate of drug-likeness (QED) is 0.407. The number of rotatable bonds is 3. The van der Waals surface area contributed by atoms with E-state index in [0.717, 1.165) is 11.5 Å². The maximum absolute atomic E-state index is 5.53. The lowest BCUT2D eigenvalue weighted by molar-refractivity contribution is 0.907. The average Bonchev–Trinajstić information content (AvgIpc) is 3.08. The molecular formula is C23H17N3S. The molecule has 0 unspecified atom stereocenters. The maximum atomic E-state index is 5.53. The van der Waals surface area contributed by atoms with Crippen molar-refractivity contribution < 1.29 is 0 Å². The Morgan fingerprint density at radius 2 is 1.52 bits per heavy atom. The van der Waals surface area contributed by atoms with Crippen molar-refractivity contribution in [1.82, 2.24) is 14.8 Å². The smallest absolute Gasteiger partial charge is 0.199 e. The number of H-pyrrole nitrogens is 1. The minimum Gasteiger partial charge on any atom is -0.272 e. The van der Waals surface area contributed by atoms with Gasteiger partial charge in [-0.15, -0.1) is 0 Å². The van der Waals surface area contributed by atoms with Crippen LogP contribution in [0.5, 0.6) is 0 Å². The second-order valence-electron chi connectivity index (χ2n) is 6.63. The zero-order chi connectivity index (χ0) is 18.2. The largest absolute Gasteiger partial charge is 0.272 e. The van der Waals surface area contributed by atoms with Gasteiger partial charge in [0.15, 0.2) is 4.77 Å². The molecule has 130 valence electrons. The molecule has 0 bridgehead atoms. The summed E-state index contributed by atoms with van der Waals surface area (Å²) in [4.78, 5) is 0. The first-order valence-electron chi connectivity index (χ1n) is 8.92. The van der Waals surface area contributed by atoms with Gasteiger partial charge in [-0.05, 0) is 51.5 Å². The third-order valence-corrected chi connectivity index (χ3v) is 5.24. The lowest BCUT2D eigenvalue weighted by atomic mass is 10.0. The van der Waals surface area contributed by atoms with Crippen LogP contribution in [-0.4, -0.2) is 14.8 Å². The zero-order valence-corrected chi connectivity index (χ0v) is 15.4. The summed E-state index contributed by atoms with van der Waals surface area (Å²) in [6.45, 7) is 0. The van der Waals surface area contributed by atoms with Gasteiger partial charge in [0.2, 0.25) is 0 Å². The maximum Gasteiger partial charge on any atom is 0.199 e. The number of benzene rings is 4. The van der Waals surface area contributed by atoms with E-state index in [2.05, 4.69) is 95.1 Å². The van der Waals surface area contributed by atoms with E-state index in [-0.39, 0.29) is 0 Å². The molecule has 1 heterocycles. The summed E-state index contributed by atoms with van der Waals surface area (Å²) in [7, 11) is 0. The standard InChI is InChI=1S/C23H17N3S/c27-23-25-24-22(15-19-10-5-9-17-7-3-4-11-21(17)19)26(23)20-13-12-16-6-1-2-8-18(16)14-20/h1-14H,15H2,(H,25,27). The first-order chi connectivity index (χ1) is 13.3. The molecule has 0 saturated heterocycles. The predicted molar refractivity (Wildman–Crippen MR) is 113 cm³/mol. The van der Waals surface area contributed by atoms with Crippen LogP contribution < -0.4 is 0 Å². The molecule has 4 heteroatoms. The van der Waals surface area contributed by atoms with Crippen LogP contribution in [0.1, 0.15) is 11.4 Å². The molecule has 27 heavy (non-hydrogen) atoms. The molecule has 0 aliphatic rings. The van der Waals surface area contributed by atoms with Crippen LogP contribution in [-0.2, 0) is 6.42 Å². The Morgan fingerprint density at radius 1 is 0.778 bits per heavy atom. The minimum atomic E-state index is 0.612. The summed E-state index contributed by atoms with van der Waals surface area (Å²) >= 11 is 5.53. The number of nitrogens with one attached hydrogen (secondary N) is 1. The second kappa shape index (κ2) is 6.49. The van der Waals surface area contributed by atoms with E-state index in [1.54, 1.807) is 0 Å². The van der Waals surface area contributed by atoms with Crippen molar-refractivity contribution in [3.05, 3.63) is 101 Å². The van der Waals surface area contributed by atoms with Gasteiger partial charge in [-0.25, -0.2) is 0 Å². The highest BCUT2D eigenvalue weighted by atomic mass is 32.1. The molecule has 5 rings (SSSR count).